The van der Waals surface area contributed by atoms with Gasteiger partial charge >= 0.3 is 5.69 Å². The molecule has 0 saturated heterocycles. The van der Waals surface area contributed by atoms with Gasteiger partial charge < -0.3 is 9.32 Å². The molecule has 0 bridgehead atoms. The van der Waals surface area contributed by atoms with Crippen molar-refractivity contribution in [3.8, 4) is 0 Å². The van der Waals surface area contributed by atoms with Crippen molar-refractivity contribution in [2.24, 2.45) is 0 Å². The van der Waals surface area contributed by atoms with Crippen molar-refractivity contribution >= 4 is 11.8 Å². The molecular formula is C15H21N3O2S. The highest BCUT2D eigenvalue weighted by molar-refractivity contribution is 7.98. The summed E-state index contributed by atoms with van der Waals surface area (Å²) in [5.74, 6) is 1.56. The summed E-state index contributed by atoms with van der Waals surface area (Å²) >= 11 is 1.55. The summed E-state index contributed by atoms with van der Waals surface area (Å²) in [5.41, 5.74) is 1.92. The van der Waals surface area contributed by atoms with Crippen molar-refractivity contribution in [3.63, 3.8) is 0 Å². The van der Waals surface area contributed by atoms with Gasteiger partial charge in [0.25, 0.3) is 0 Å². The SMILES string of the molecule is CCn1c(C)c(CN(C)C)c(SCc2ccco2)nc1=O. The van der Waals surface area contributed by atoms with Crippen LogP contribution in [0, 0.1) is 6.92 Å². The zero-order chi connectivity index (χ0) is 15.4. The number of aromatic nitrogens is 2. The van der Waals surface area contributed by atoms with Gasteiger partial charge in [-0.1, -0.05) is 11.8 Å². The monoisotopic (exact) mass is 307 g/mol. The Bertz CT molecular complexity index is 648. The third-order valence-corrected chi connectivity index (χ3v) is 4.29. The molecule has 0 aliphatic carbocycles. The summed E-state index contributed by atoms with van der Waals surface area (Å²) in [4.78, 5) is 18.4. The van der Waals surface area contributed by atoms with Gasteiger partial charge in [0.2, 0.25) is 0 Å². The number of nitrogens with zero attached hydrogens (tertiary/aromatic N) is 3. The van der Waals surface area contributed by atoms with Crippen molar-refractivity contribution in [2.45, 2.75) is 37.7 Å². The largest absolute Gasteiger partial charge is 0.468 e. The highest BCUT2D eigenvalue weighted by Gasteiger charge is 2.15. The van der Waals surface area contributed by atoms with Crippen molar-refractivity contribution in [2.75, 3.05) is 14.1 Å². The van der Waals surface area contributed by atoms with E-state index in [1.165, 1.54) is 0 Å². The van der Waals surface area contributed by atoms with Crippen LogP contribution in [-0.4, -0.2) is 28.5 Å². The predicted molar refractivity (Wildman–Crippen MR) is 84.6 cm³/mol. The molecule has 0 aliphatic heterocycles. The molecule has 0 aliphatic rings. The fourth-order valence-electron chi connectivity index (χ4n) is 2.20. The zero-order valence-electron chi connectivity index (χ0n) is 12.9. The molecule has 0 N–H and O–H groups in total. The van der Waals surface area contributed by atoms with Crippen LogP contribution in [0.5, 0.6) is 0 Å². The number of furan rings is 1. The summed E-state index contributed by atoms with van der Waals surface area (Å²) in [5, 5.41) is 0.798. The van der Waals surface area contributed by atoms with E-state index < -0.39 is 0 Å². The van der Waals surface area contributed by atoms with Crippen LogP contribution in [0.25, 0.3) is 0 Å². The van der Waals surface area contributed by atoms with Crippen molar-refractivity contribution in [1.82, 2.24) is 14.5 Å². The Labute approximate surface area is 129 Å². The maximum Gasteiger partial charge on any atom is 0.348 e. The molecule has 0 unspecified atom stereocenters. The normalized spacial score (nSPS) is 11.3. The molecule has 0 saturated carbocycles. The van der Waals surface area contributed by atoms with Gasteiger partial charge in [0.1, 0.15) is 10.8 Å². The first kappa shape index (κ1) is 15.9. The van der Waals surface area contributed by atoms with Gasteiger partial charge in [-0.15, -0.1) is 0 Å². The van der Waals surface area contributed by atoms with Gasteiger partial charge in [-0.05, 0) is 40.1 Å². The molecule has 2 aromatic rings. The van der Waals surface area contributed by atoms with Gasteiger partial charge in [-0.2, -0.15) is 4.98 Å². The maximum absolute atomic E-state index is 12.1. The van der Waals surface area contributed by atoms with Crippen molar-refractivity contribution < 1.29 is 4.42 Å². The molecule has 21 heavy (non-hydrogen) atoms. The lowest BCUT2D eigenvalue weighted by atomic mass is 10.2. The summed E-state index contributed by atoms with van der Waals surface area (Å²) in [6.07, 6.45) is 1.66. The van der Waals surface area contributed by atoms with Gasteiger partial charge in [0.15, 0.2) is 0 Å². The van der Waals surface area contributed by atoms with E-state index >= 15 is 0 Å². The highest BCUT2D eigenvalue weighted by Crippen LogP contribution is 2.26. The minimum atomic E-state index is -0.181. The van der Waals surface area contributed by atoms with E-state index in [4.69, 9.17) is 4.42 Å². The highest BCUT2D eigenvalue weighted by atomic mass is 32.2. The molecule has 0 spiro atoms. The van der Waals surface area contributed by atoms with E-state index in [1.807, 2.05) is 40.1 Å². The lowest BCUT2D eigenvalue weighted by molar-refractivity contribution is 0.392. The average molecular weight is 307 g/mol. The quantitative estimate of drug-likeness (QED) is 0.606. The number of hydrogen-bond donors (Lipinski definition) is 0. The molecule has 0 amide bonds. The molecule has 114 valence electrons. The first-order valence-electron chi connectivity index (χ1n) is 6.93. The first-order valence-corrected chi connectivity index (χ1v) is 7.91. The second-order valence-electron chi connectivity index (χ2n) is 5.11. The van der Waals surface area contributed by atoms with Crippen LogP contribution in [0.1, 0.15) is 23.9 Å². The summed E-state index contributed by atoms with van der Waals surface area (Å²) in [7, 11) is 4.03. The Balaban J connectivity index is 2.35. The maximum atomic E-state index is 12.1. The van der Waals surface area contributed by atoms with Crippen molar-refractivity contribution in [1.29, 1.82) is 0 Å². The Morgan fingerprint density at radius 1 is 1.43 bits per heavy atom. The van der Waals surface area contributed by atoms with E-state index in [9.17, 15) is 4.79 Å². The van der Waals surface area contributed by atoms with E-state index in [0.29, 0.717) is 12.3 Å². The number of thioether (sulfide) groups is 1. The van der Waals surface area contributed by atoms with Gasteiger partial charge in [0.05, 0.1) is 12.0 Å². The average Bonchev–Trinajstić information content (AvgIpc) is 2.93. The Morgan fingerprint density at radius 3 is 2.76 bits per heavy atom. The lowest BCUT2D eigenvalue weighted by Gasteiger charge is -2.18. The van der Waals surface area contributed by atoms with E-state index in [-0.39, 0.29) is 5.69 Å². The third kappa shape index (κ3) is 3.77. The molecule has 0 aromatic carbocycles. The molecule has 2 heterocycles. The molecule has 0 fully saturated rings. The Hall–Kier alpha value is -1.53. The number of hydrogen-bond acceptors (Lipinski definition) is 5. The van der Waals surface area contributed by atoms with Crippen molar-refractivity contribution in [3.05, 3.63) is 45.9 Å². The van der Waals surface area contributed by atoms with Crippen LogP contribution in [0.4, 0.5) is 0 Å². The molecule has 2 aromatic heterocycles. The molecule has 5 nitrogen and oxygen atoms in total. The molecule has 2 rings (SSSR count). The summed E-state index contributed by atoms with van der Waals surface area (Å²) in [6.45, 7) is 5.36. The third-order valence-electron chi connectivity index (χ3n) is 3.25. The smallest absolute Gasteiger partial charge is 0.348 e. The van der Waals surface area contributed by atoms with Crippen LogP contribution in [-0.2, 0) is 18.8 Å². The first-order chi connectivity index (χ1) is 10.0. The van der Waals surface area contributed by atoms with Gasteiger partial charge in [-0.3, -0.25) is 4.57 Å². The Kier molecular flexibility index (Phi) is 5.25. The van der Waals surface area contributed by atoms with Crippen LogP contribution < -0.4 is 5.69 Å². The van der Waals surface area contributed by atoms with E-state index in [1.54, 1.807) is 22.6 Å². The predicted octanol–water partition coefficient (Wildman–Crippen LogP) is 2.52. The number of rotatable bonds is 6. The van der Waals surface area contributed by atoms with Crippen LogP contribution in [0.2, 0.25) is 0 Å². The summed E-state index contributed by atoms with van der Waals surface area (Å²) < 4.78 is 7.06. The minimum Gasteiger partial charge on any atom is -0.468 e. The van der Waals surface area contributed by atoms with E-state index in [2.05, 4.69) is 9.88 Å². The second kappa shape index (κ2) is 6.95. The standard InChI is InChI=1S/C15H21N3O2S/c1-5-18-11(2)13(9-17(3)4)14(16-15(18)19)21-10-12-7-6-8-20-12/h6-8H,5,9-10H2,1-4H3. The molecule has 6 heteroatoms. The molecular weight excluding hydrogens is 286 g/mol. The summed E-state index contributed by atoms with van der Waals surface area (Å²) in [6, 6.07) is 3.79. The second-order valence-corrected chi connectivity index (χ2v) is 6.08. The van der Waals surface area contributed by atoms with Crippen LogP contribution in [0.3, 0.4) is 0 Å². The Morgan fingerprint density at radius 2 is 2.19 bits per heavy atom. The minimum absolute atomic E-state index is 0.181. The molecule has 0 radical (unpaired) electrons. The van der Waals surface area contributed by atoms with Gasteiger partial charge in [-0.25, -0.2) is 4.79 Å². The fraction of sp³-hybridized carbons (Fsp3) is 0.467. The molecule has 0 atom stereocenters. The fourth-order valence-corrected chi connectivity index (χ4v) is 3.17. The topological polar surface area (TPSA) is 51.3 Å². The van der Waals surface area contributed by atoms with Crippen LogP contribution in [0.15, 0.2) is 32.6 Å². The van der Waals surface area contributed by atoms with Crippen LogP contribution >= 0.6 is 11.8 Å². The lowest BCUT2D eigenvalue weighted by Crippen LogP contribution is -2.28. The zero-order valence-corrected chi connectivity index (χ0v) is 13.7. The van der Waals surface area contributed by atoms with Gasteiger partial charge in [0, 0.05) is 24.3 Å². The van der Waals surface area contributed by atoms with E-state index in [0.717, 1.165) is 28.6 Å².